The molecule has 0 aliphatic rings. The van der Waals surface area contributed by atoms with E-state index in [4.69, 9.17) is 0 Å². The van der Waals surface area contributed by atoms with Gasteiger partial charge in [-0.3, -0.25) is 19.9 Å². The number of rotatable bonds is 5. The Morgan fingerprint density at radius 1 is 1.18 bits per heavy atom. The summed E-state index contributed by atoms with van der Waals surface area (Å²) in [4.78, 5) is 22.5. The first-order chi connectivity index (χ1) is 10.8. The number of carbonyl (C=O) groups excluding carboxylic acids is 1. The predicted molar refractivity (Wildman–Crippen MR) is 83.4 cm³/mol. The third kappa shape index (κ3) is 2.81. The lowest BCUT2D eigenvalue weighted by molar-refractivity contribution is 0.0762. The monoisotopic (exact) mass is 295 g/mol. The number of amides is 1. The Labute approximate surface area is 128 Å². The molecule has 22 heavy (non-hydrogen) atoms. The lowest BCUT2D eigenvalue weighted by Gasteiger charge is -2.19. The fourth-order valence-electron chi connectivity index (χ4n) is 2.39. The van der Waals surface area contributed by atoms with E-state index in [1.165, 1.54) is 0 Å². The topological polar surface area (TPSA) is 74.8 Å². The Kier molecular flexibility index (Phi) is 4.09. The van der Waals surface area contributed by atoms with Crippen LogP contribution in [0.15, 0.2) is 43.0 Å². The summed E-state index contributed by atoms with van der Waals surface area (Å²) in [5, 5.41) is 7.79. The van der Waals surface area contributed by atoms with Crippen molar-refractivity contribution in [3.8, 4) is 0 Å². The minimum atomic E-state index is -0.0733. The van der Waals surface area contributed by atoms with Gasteiger partial charge in [0, 0.05) is 37.9 Å². The highest BCUT2D eigenvalue weighted by atomic mass is 16.2. The van der Waals surface area contributed by atoms with Gasteiger partial charge in [-0.1, -0.05) is 0 Å². The highest BCUT2D eigenvalue weighted by Crippen LogP contribution is 2.16. The third-order valence-electron chi connectivity index (χ3n) is 3.66. The van der Waals surface area contributed by atoms with Crippen LogP contribution in [0.2, 0.25) is 0 Å². The molecule has 0 aliphatic carbocycles. The Balaban J connectivity index is 1.77. The first-order valence-corrected chi connectivity index (χ1v) is 7.26. The molecule has 0 saturated heterocycles. The molecule has 0 unspecified atom stereocenters. The van der Waals surface area contributed by atoms with Gasteiger partial charge in [0.25, 0.3) is 5.91 Å². The van der Waals surface area contributed by atoms with E-state index in [0.717, 1.165) is 22.9 Å². The predicted octanol–water partition coefficient (Wildman–Crippen LogP) is 2.06. The zero-order chi connectivity index (χ0) is 15.4. The van der Waals surface area contributed by atoms with Gasteiger partial charge in [-0.15, -0.1) is 0 Å². The summed E-state index contributed by atoms with van der Waals surface area (Å²) in [6, 6.07) is 5.74. The van der Waals surface area contributed by atoms with Crippen LogP contribution in [0.5, 0.6) is 0 Å². The summed E-state index contributed by atoms with van der Waals surface area (Å²) in [5.41, 5.74) is 2.41. The van der Waals surface area contributed by atoms with Gasteiger partial charge >= 0.3 is 0 Å². The van der Waals surface area contributed by atoms with Gasteiger partial charge in [-0.2, -0.15) is 5.10 Å². The first kappa shape index (κ1) is 14.2. The van der Waals surface area contributed by atoms with E-state index in [9.17, 15) is 4.79 Å². The second-order valence-corrected chi connectivity index (χ2v) is 4.98. The van der Waals surface area contributed by atoms with Crippen molar-refractivity contribution in [1.29, 1.82) is 0 Å². The molecule has 0 bridgehead atoms. The molecule has 112 valence electrons. The molecule has 0 aromatic carbocycles. The summed E-state index contributed by atoms with van der Waals surface area (Å²) in [5.74, 6) is -0.0733. The second kappa shape index (κ2) is 6.34. The molecule has 6 nitrogen and oxygen atoms in total. The van der Waals surface area contributed by atoms with Crippen molar-refractivity contribution < 1.29 is 4.79 Å². The quantitative estimate of drug-likeness (QED) is 0.782. The van der Waals surface area contributed by atoms with E-state index in [1.54, 1.807) is 29.7 Å². The summed E-state index contributed by atoms with van der Waals surface area (Å²) in [6.07, 6.45) is 7.67. The van der Waals surface area contributed by atoms with Crippen LogP contribution in [0.4, 0.5) is 0 Å². The number of likely N-dealkylation sites (N-methyl/N-ethyl adjacent to an activating group) is 1. The van der Waals surface area contributed by atoms with Crippen molar-refractivity contribution in [3.63, 3.8) is 0 Å². The molecule has 0 fully saturated rings. The van der Waals surface area contributed by atoms with Crippen LogP contribution in [-0.2, 0) is 6.42 Å². The molecule has 1 amide bonds. The molecular formula is C16H17N5O. The zero-order valence-electron chi connectivity index (χ0n) is 12.4. The average Bonchev–Trinajstić information content (AvgIpc) is 3.00. The molecule has 0 spiro atoms. The molecule has 1 N–H and O–H groups in total. The number of fused-ring (bicyclic) bond motifs is 1. The third-order valence-corrected chi connectivity index (χ3v) is 3.66. The lowest BCUT2D eigenvalue weighted by atomic mass is 10.2. The van der Waals surface area contributed by atoms with Crippen molar-refractivity contribution in [1.82, 2.24) is 25.1 Å². The Morgan fingerprint density at radius 3 is 2.73 bits per heavy atom. The number of carbonyl (C=O) groups is 1. The molecule has 3 aromatic rings. The highest BCUT2D eigenvalue weighted by Gasteiger charge is 2.19. The largest absolute Gasteiger partial charge is 0.337 e. The number of aromatic nitrogens is 4. The van der Waals surface area contributed by atoms with Crippen molar-refractivity contribution in [2.24, 2.45) is 0 Å². The number of nitrogens with one attached hydrogen (secondary N) is 1. The number of nitrogens with zero attached hydrogens (tertiary/aromatic N) is 4. The minimum absolute atomic E-state index is 0.0733. The van der Waals surface area contributed by atoms with E-state index in [2.05, 4.69) is 20.2 Å². The standard InChI is InChI=1S/C16H17N5O/c1-2-21(10-6-12-3-7-17-8-4-12)16(22)15-13-11-18-9-5-14(13)19-20-15/h3-5,7-9,11H,2,6,10H2,1H3,(H,19,20). The Morgan fingerprint density at radius 2 is 1.95 bits per heavy atom. The summed E-state index contributed by atoms with van der Waals surface area (Å²) in [6.45, 7) is 3.25. The Bertz CT molecular complexity index is 768. The smallest absolute Gasteiger partial charge is 0.275 e. The molecule has 3 heterocycles. The number of hydrogen-bond donors (Lipinski definition) is 1. The SMILES string of the molecule is CCN(CCc1ccncc1)C(=O)c1n[nH]c2ccncc12. The second-order valence-electron chi connectivity index (χ2n) is 4.98. The van der Waals surface area contributed by atoms with Crippen LogP contribution < -0.4 is 0 Å². The van der Waals surface area contributed by atoms with Gasteiger partial charge in [-0.05, 0) is 37.1 Å². The molecule has 0 radical (unpaired) electrons. The molecule has 0 atom stereocenters. The normalized spacial score (nSPS) is 10.8. The van der Waals surface area contributed by atoms with Crippen LogP contribution in [0.3, 0.4) is 0 Å². The summed E-state index contributed by atoms with van der Waals surface area (Å²) in [7, 11) is 0. The molecule has 3 rings (SSSR count). The van der Waals surface area contributed by atoms with Crippen molar-refractivity contribution >= 4 is 16.8 Å². The number of aromatic amines is 1. The van der Waals surface area contributed by atoms with Gasteiger partial charge in [-0.25, -0.2) is 0 Å². The van der Waals surface area contributed by atoms with E-state index in [0.29, 0.717) is 18.8 Å². The maximum absolute atomic E-state index is 12.7. The fraction of sp³-hybridized carbons (Fsp3) is 0.250. The van der Waals surface area contributed by atoms with Crippen LogP contribution in [-0.4, -0.2) is 44.1 Å². The van der Waals surface area contributed by atoms with Gasteiger partial charge in [0.1, 0.15) is 0 Å². The molecule has 3 aromatic heterocycles. The van der Waals surface area contributed by atoms with Crippen molar-refractivity contribution in [3.05, 3.63) is 54.2 Å². The van der Waals surface area contributed by atoms with Crippen molar-refractivity contribution in [2.45, 2.75) is 13.3 Å². The van der Waals surface area contributed by atoms with E-state index < -0.39 is 0 Å². The fourth-order valence-corrected chi connectivity index (χ4v) is 2.39. The van der Waals surface area contributed by atoms with Crippen LogP contribution in [0.25, 0.3) is 10.9 Å². The maximum atomic E-state index is 12.7. The van der Waals surface area contributed by atoms with E-state index in [1.807, 2.05) is 25.1 Å². The van der Waals surface area contributed by atoms with Crippen LogP contribution in [0, 0.1) is 0 Å². The number of pyridine rings is 2. The van der Waals surface area contributed by atoms with E-state index >= 15 is 0 Å². The number of H-pyrrole nitrogens is 1. The highest BCUT2D eigenvalue weighted by molar-refractivity contribution is 6.04. The van der Waals surface area contributed by atoms with E-state index in [-0.39, 0.29) is 5.91 Å². The van der Waals surface area contributed by atoms with Gasteiger partial charge in [0.05, 0.1) is 10.9 Å². The summed E-state index contributed by atoms with van der Waals surface area (Å²) >= 11 is 0. The lowest BCUT2D eigenvalue weighted by Crippen LogP contribution is -2.33. The van der Waals surface area contributed by atoms with Crippen LogP contribution >= 0.6 is 0 Å². The molecular weight excluding hydrogens is 278 g/mol. The van der Waals surface area contributed by atoms with Gasteiger partial charge in [0.2, 0.25) is 0 Å². The number of hydrogen-bond acceptors (Lipinski definition) is 4. The molecule has 0 saturated carbocycles. The zero-order valence-corrected chi connectivity index (χ0v) is 12.4. The first-order valence-electron chi connectivity index (χ1n) is 7.26. The van der Waals surface area contributed by atoms with Crippen LogP contribution in [0.1, 0.15) is 23.0 Å². The van der Waals surface area contributed by atoms with Gasteiger partial charge < -0.3 is 4.90 Å². The molecule has 0 aliphatic heterocycles. The summed E-state index contributed by atoms with van der Waals surface area (Å²) < 4.78 is 0. The average molecular weight is 295 g/mol. The Hall–Kier alpha value is -2.76. The maximum Gasteiger partial charge on any atom is 0.275 e. The van der Waals surface area contributed by atoms with Crippen molar-refractivity contribution in [2.75, 3.05) is 13.1 Å². The minimum Gasteiger partial charge on any atom is -0.337 e. The molecule has 6 heteroatoms. The van der Waals surface area contributed by atoms with Gasteiger partial charge in [0.15, 0.2) is 5.69 Å².